The molecule has 1 saturated heterocycles. The molecule has 1 aliphatic rings. The normalized spacial score (nSPS) is 21.6. The van der Waals surface area contributed by atoms with Gasteiger partial charge in [-0.15, -0.1) is 23.1 Å². The highest BCUT2D eigenvalue weighted by Gasteiger charge is 2.36. The Morgan fingerprint density at radius 3 is 2.73 bits per heavy atom. The van der Waals surface area contributed by atoms with Crippen LogP contribution >= 0.6 is 35.3 Å². The van der Waals surface area contributed by atoms with Gasteiger partial charge in [-0.2, -0.15) is 0 Å². The van der Waals surface area contributed by atoms with Crippen molar-refractivity contribution in [1.29, 1.82) is 0 Å². The first-order valence-corrected chi connectivity index (χ1v) is 8.89. The van der Waals surface area contributed by atoms with E-state index in [2.05, 4.69) is 0 Å². The van der Waals surface area contributed by atoms with E-state index in [1.54, 1.807) is 5.38 Å². The molecule has 1 aromatic carbocycles. The average molecular weight is 354 g/mol. The fourth-order valence-corrected chi connectivity index (χ4v) is 5.05. The quantitative estimate of drug-likeness (QED) is 0.731. The summed E-state index contributed by atoms with van der Waals surface area (Å²) in [7, 11) is 0. The molecular formula is C16H12F2OS3. The highest BCUT2D eigenvalue weighted by molar-refractivity contribution is 8.24. The highest BCUT2D eigenvalue weighted by Crippen LogP contribution is 2.36. The number of benzene rings is 1. The number of thiophene rings is 1. The van der Waals surface area contributed by atoms with Crippen LogP contribution in [0.4, 0.5) is 8.78 Å². The summed E-state index contributed by atoms with van der Waals surface area (Å²) >= 11 is 8.07. The van der Waals surface area contributed by atoms with Crippen LogP contribution in [0.5, 0.6) is 0 Å². The Labute approximate surface area is 140 Å². The first-order valence-electron chi connectivity index (χ1n) is 6.73. The lowest BCUT2D eigenvalue weighted by Gasteiger charge is -2.04. The summed E-state index contributed by atoms with van der Waals surface area (Å²) in [6, 6.07) is 5.23. The maximum absolute atomic E-state index is 13.8. The number of carbonyl (C=O) groups excluding carboxylic acids is 1. The van der Waals surface area contributed by atoms with Crippen molar-refractivity contribution >= 4 is 45.3 Å². The van der Waals surface area contributed by atoms with Gasteiger partial charge in [0.25, 0.3) is 0 Å². The Morgan fingerprint density at radius 2 is 2.05 bits per heavy atom. The van der Waals surface area contributed by atoms with Crippen LogP contribution in [-0.2, 0) is 11.2 Å². The number of carbonyl (C=O) groups is 1. The Bertz CT molecular complexity index is 754. The van der Waals surface area contributed by atoms with Crippen molar-refractivity contribution in [3.63, 3.8) is 0 Å². The molecule has 1 fully saturated rings. The number of Topliss-reactive ketones (excluding diaryl/α,β-unsaturated/α-hetero) is 1. The molecule has 0 aliphatic carbocycles. The summed E-state index contributed by atoms with van der Waals surface area (Å²) in [4.78, 5) is 13.1. The van der Waals surface area contributed by atoms with Gasteiger partial charge in [0.15, 0.2) is 5.78 Å². The summed E-state index contributed by atoms with van der Waals surface area (Å²) in [5.41, 5.74) is 0.889. The van der Waals surface area contributed by atoms with Gasteiger partial charge in [0.05, 0.1) is 15.4 Å². The molecule has 0 spiro atoms. The van der Waals surface area contributed by atoms with E-state index in [1.807, 2.05) is 13.0 Å². The van der Waals surface area contributed by atoms with E-state index in [0.29, 0.717) is 12.0 Å². The van der Waals surface area contributed by atoms with Crippen molar-refractivity contribution in [2.45, 2.75) is 18.6 Å². The van der Waals surface area contributed by atoms with E-state index >= 15 is 0 Å². The number of rotatable bonds is 3. The van der Waals surface area contributed by atoms with Gasteiger partial charge in [0.1, 0.15) is 11.6 Å². The monoisotopic (exact) mass is 354 g/mol. The standard InChI is InChI=1S/C16H12F2OS3/c1-8-15(19)14(22-16(8)20)6-11-4-9(7-21-11)12-5-10(17)2-3-13(12)18/h2-5,7-8,14H,6H2,1H3. The molecule has 0 radical (unpaired) electrons. The molecule has 0 bridgehead atoms. The minimum Gasteiger partial charge on any atom is -0.298 e. The third-order valence-electron chi connectivity index (χ3n) is 3.64. The maximum atomic E-state index is 13.8. The summed E-state index contributed by atoms with van der Waals surface area (Å²) < 4.78 is 27.8. The summed E-state index contributed by atoms with van der Waals surface area (Å²) in [6.45, 7) is 1.83. The molecule has 0 N–H and O–H groups in total. The van der Waals surface area contributed by atoms with Crippen LogP contribution in [0, 0.1) is 17.6 Å². The second kappa shape index (κ2) is 6.18. The molecule has 3 rings (SSSR count). The number of halogens is 2. The smallest absolute Gasteiger partial charge is 0.155 e. The number of hydrogen-bond acceptors (Lipinski definition) is 4. The zero-order valence-electron chi connectivity index (χ0n) is 11.6. The van der Waals surface area contributed by atoms with Gasteiger partial charge in [-0.3, -0.25) is 4.79 Å². The SMILES string of the molecule is CC1C(=O)C(Cc2cc(-c3cc(F)ccc3F)cs2)SC1=S. The molecule has 2 atom stereocenters. The topological polar surface area (TPSA) is 17.1 Å². The highest BCUT2D eigenvalue weighted by atomic mass is 32.2. The van der Waals surface area contributed by atoms with E-state index in [0.717, 1.165) is 21.2 Å². The predicted octanol–water partition coefficient (Wildman–Crippen LogP) is 4.88. The molecule has 6 heteroatoms. The van der Waals surface area contributed by atoms with Crippen molar-refractivity contribution in [2.24, 2.45) is 5.92 Å². The zero-order chi connectivity index (χ0) is 15.9. The maximum Gasteiger partial charge on any atom is 0.155 e. The average Bonchev–Trinajstić information content (AvgIpc) is 3.03. The van der Waals surface area contributed by atoms with Gasteiger partial charge in [-0.25, -0.2) is 8.78 Å². The van der Waals surface area contributed by atoms with Crippen molar-refractivity contribution in [2.75, 3.05) is 0 Å². The Morgan fingerprint density at radius 1 is 1.27 bits per heavy atom. The molecule has 1 nitrogen and oxygen atoms in total. The van der Waals surface area contributed by atoms with Crippen molar-refractivity contribution in [1.82, 2.24) is 0 Å². The van der Waals surface area contributed by atoms with Crippen LogP contribution in [0.1, 0.15) is 11.8 Å². The fourth-order valence-electron chi connectivity index (χ4n) is 2.37. The zero-order valence-corrected chi connectivity index (χ0v) is 14.1. The lowest BCUT2D eigenvalue weighted by molar-refractivity contribution is -0.119. The molecule has 1 aromatic heterocycles. The number of thioether (sulfide) groups is 1. The first-order chi connectivity index (χ1) is 10.5. The molecule has 22 heavy (non-hydrogen) atoms. The summed E-state index contributed by atoms with van der Waals surface area (Å²) in [6.07, 6.45) is 0.579. The Kier molecular flexibility index (Phi) is 4.43. The lowest BCUT2D eigenvalue weighted by Crippen LogP contribution is -2.18. The van der Waals surface area contributed by atoms with Gasteiger partial charge in [-0.1, -0.05) is 12.2 Å². The van der Waals surface area contributed by atoms with E-state index in [4.69, 9.17) is 12.2 Å². The van der Waals surface area contributed by atoms with Gasteiger partial charge < -0.3 is 0 Å². The molecule has 2 unspecified atom stereocenters. The predicted molar refractivity (Wildman–Crippen MR) is 91.5 cm³/mol. The molecule has 114 valence electrons. The van der Waals surface area contributed by atoms with Crippen LogP contribution < -0.4 is 0 Å². The van der Waals surface area contributed by atoms with Crippen LogP contribution in [0.3, 0.4) is 0 Å². The van der Waals surface area contributed by atoms with Gasteiger partial charge in [0.2, 0.25) is 0 Å². The summed E-state index contributed by atoms with van der Waals surface area (Å²) in [5, 5.41) is 1.63. The Balaban J connectivity index is 1.81. The minimum atomic E-state index is -0.468. The van der Waals surface area contributed by atoms with E-state index in [1.165, 1.54) is 29.2 Å². The second-order valence-corrected chi connectivity index (χ2v) is 8.12. The van der Waals surface area contributed by atoms with Crippen LogP contribution in [0.15, 0.2) is 29.6 Å². The number of ketones is 1. The number of thiocarbonyl (C=S) groups is 1. The van der Waals surface area contributed by atoms with Gasteiger partial charge in [-0.05, 0) is 42.1 Å². The summed E-state index contributed by atoms with van der Waals surface area (Å²) in [5.74, 6) is -0.941. The van der Waals surface area contributed by atoms with Gasteiger partial charge >= 0.3 is 0 Å². The largest absolute Gasteiger partial charge is 0.298 e. The van der Waals surface area contributed by atoms with Crippen LogP contribution in [-0.4, -0.2) is 15.2 Å². The van der Waals surface area contributed by atoms with Crippen molar-refractivity contribution < 1.29 is 13.6 Å². The molecular weight excluding hydrogens is 342 g/mol. The van der Waals surface area contributed by atoms with E-state index in [9.17, 15) is 13.6 Å². The second-order valence-electron chi connectivity index (χ2n) is 5.18. The Hall–Kier alpha value is -1.11. The molecule has 2 aromatic rings. The fraction of sp³-hybridized carbons (Fsp3) is 0.250. The third kappa shape index (κ3) is 3.00. The minimum absolute atomic E-state index is 0.155. The van der Waals surface area contributed by atoms with Crippen LogP contribution in [0.25, 0.3) is 11.1 Å². The number of hydrogen-bond donors (Lipinski definition) is 0. The van der Waals surface area contributed by atoms with Crippen LogP contribution in [0.2, 0.25) is 0 Å². The molecule has 2 heterocycles. The van der Waals surface area contributed by atoms with Gasteiger partial charge in [0, 0.05) is 16.9 Å². The third-order valence-corrected chi connectivity index (χ3v) is 6.51. The molecule has 0 saturated carbocycles. The van der Waals surface area contributed by atoms with Crippen molar-refractivity contribution in [3.05, 3.63) is 46.2 Å². The molecule has 1 aliphatic heterocycles. The van der Waals surface area contributed by atoms with E-state index in [-0.39, 0.29) is 22.5 Å². The van der Waals surface area contributed by atoms with E-state index < -0.39 is 11.6 Å². The van der Waals surface area contributed by atoms with Crippen molar-refractivity contribution in [3.8, 4) is 11.1 Å². The first kappa shape index (κ1) is 15.8. The molecule has 0 amide bonds. The lowest BCUT2D eigenvalue weighted by atomic mass is 10.0.